The maximum Gasteiger partial charge on any atom is 0.219 e. The van der Waals surface area contributed by atoms with Gasteiger partial charge in [-0.25, -0.2) is 0 Å². The predicted octanol–water partition coefficient (Wildman–Crippen LogP) is 0.257. The molecule has 6 N–H and O–H groups in total. The molecule has 0 rings (SSSR count). The lowest BCUT2D eigenvalue weighted by atomic mass is 10.1. The summed E-state index contributed by atoms with van der Waals surface area (Å²) >= 11 is 0. The number of nitrogens with one attached hydrogen (secondary N) is 2. The molecule has 0 aliphatic carbocycles. The molecule has 0 aromatic heterocycles. The van der Waals surface area contributed by atoms with Crippen molar-refractivity contribution in [2.75, 3.05) is 26.2 Å². The Morgan fingerprint density at radius 3 is 1.40 bits per heavy atom. The van der Waals surface area contributed by atoms with E-state index in [1.807, 2.05) is 0 Å². The van der Waals surface area contributed by atoms with Gasteiger partial charge in [0.2, 0.25) is 11.8 Å². The van der Waals surface area contributed by atoms with Crippen LogP contribution in [-0.2, 0) is 9.59 Å². The largest absolute Gasteiger partial charge is 0.356 e. The third-order valence-electron chi connectivity index (χ3n) is 2.96. The molecule has 0 saturated carbocycles. The van der Waals surface area contributed by atoms with Crippen molar-refractivity contribution in [1.82, 2.24) is 10.6 Å². The second kappa shape index (κ2) is 14.3. The topological polar surface area (TPSA) is 110 Å². The Bertz CT molecular complexity index is 234. The summed E-state index contributed by atoms with van der Waals surface area (Å²) in [5.74, 6) is 0.121. The molecule has 118 valence electrons. The van der Waals surface area contributed by atoms with Gasteiger partial charge < -0.3 is 22.1 Å². The van der Waals surface area contributed by atoms with E-state index in [2.05, 4.69) is 10.6 Å². The highest BCUT2D eigenvalue weighted by Gasteiger charge is 2.03. The van der Waals surface area contributed by atoms with E-state index < -0.39 is 0 Å². The van der Waals surface area contributed by atoms with E-state index in [0.29, 0.717) is 39.0 Å². The fraction of sp³-hybridized carbons (Fsp3) is 0.857. The Morgan fingerprint density at radius 2 is 1.05 bits per heavy atom. The third kappa shape index (κ3) is 13.3. The van der Waals surface area contributed by atoms with Crippen LogP contribution in [0.4, 0.5) is 0 Å². The molecule has 6 heteroatoms. The predicted molar refractivity (Wildman–Crippen MR) is 81.1 cm³/mol. The monoisotopic (exact) mass is 286 g/mol. The first-order valence-corrected chi connectivity index (χ1v) is 7.64. The van der Waals surface area contributed by atoms with Gasteiger partial charge in [0.25, 0.3) is 0 Å². The summed E-state index contributed by atoms with van der Waals surface area (Å²) < 4.78 is 0. The highest BCUT2D eigenvalue weighted by molar-refractivity contribution is 5.77. The lowest BCUT2D eigenvalue weighted by molar-refractivity contribution is -0.123. The van der Waals surface area contributed by atoms with Gasteiger partial charge in [0.15, 0.2) is 0 Å². The summed E-state index contributed by atoms with van der Waals surface area (Å²) in [6, 6.07) is 0. The summed E-state index contributed by atoms with van der Waals surface area (Å²) in [5, 5.41) is 5.69. The van der Waals surface area contributed by atoms with E-state index in [1.165, 1.54) is 0 Å². The van der Waals surface area contributed by atoms with Crippen LogP contribution in [0.15, 0.2) is 0 Å². The van der Waals surface area contributed by atoms with Gasteiger partial charge in [-0.05, 0) is 51.6 Å². The minimum Gasteiger partial charge on any atom is -0.356 e. The van der Waals surface area contributed by atoms with Crippen LogP contribution in [0.2, 0.25) is 0 Å². The summed E-state index contributed by atoms with van der Waals surface area (Å²) in [7, 11) is 0. The van der Waals surface area contributed by atoms with Gasteiger partial charge in [0.1, 0.15) is 0 Å². The van der Waals surface area contributed by atoms with Crippen molar-refractivity contribution in [2.45, 2.75) is 51.4 Å². The Morgan fingerprint density at radius 1 is 0.650 bits per heavy atom. The number of unbranched alkanes of at least 4 members (excludes halogenated alkanes) is 3. The van der Waals surface area contributed by atoms with Gasteiger partial charge in [-0.15, -0.1) is 0 Å². The van der Waals surface area contributed by atoms with Gasteiger partial charge >= 0.3 is 0 Å². The highest BCUT2D eigenvalue weighted by Crippen LogP contribution is 2.00. The van der Waals surface area contributed by atoms with Crippen LogP contribution in [0, 0.1) is 0 Å². The van der Waals surface area contributed by atoms with Crippen molar-refractivity contribution in [1.29, 1.82) is 0 Å². The number of nitrogens with two attached hydrogens (primary N) is 2. The minimum atomic E-state index is 0.0605. The number of rotatable bonds is 13. The molecule has 0 radical (unpaired) electrons. The van der Waals surface area contributed by atoms with Gasteiger partial charge in [-0.2, -0.15) is 0 Å². The van der Waals surface area contributed by atoms with E-state index in [9.17, 15) is 9.59 Å². The molecular formula is C14H30N4O2. The second-order valence-electron chi connectivity index (χ2n) is 4.90. The normalized spacial score (nSPS) is 10.3. The zero-order valence-electron chi connectivity index (χ0n) is 12.5. The van der Waals surface area contributed by atoms with Crippen LogP contribution in [0.5, 0.6) is 0 Å². The zero-order chi connectivity index (χ0) is 15.1. The fourth-order valence-electron chi connectivity index (χ4n) is 1.74. The van der Waals surface area contributed by atoms with Crippen molar-refractivity contribution in [3.8, 4) is 0 Å². The lowest BCUT2D eigenvalue weighted by Crippen LogP contribution is -2.25. The molecule has 0 bridgehead atoms. The first-order chi connectivity index (χ1) is 9.70. The maximum atomic E-state index is 11.4. The van der Waals surface area contributed by atoms with E-state index in [4.69, 9.17) is 11.5 Å². The molecule has 0 aliphatic heterocycles. The van der Waals surface area contributed by atoms with E-state index in [-0.39, 0.29) is 11.8 Å². The maximum absolute atomic E-state index is 11.4. The second-order valence-corrected chi connectivity index (χ2v) is 4.90. The zero-order valence-corrected chi connectivity index (χ0v) is 12.5. The minimum absolute atomic E-state index is 0.0605. The Hall–Kier alpha value is -1.14. The highest BCUT2D eigenvalue weighted by atomic mass is 16.2. The molecule has 0 unspecified atom stereocenters. The van der Waals surface area contributed by atoms with Crippen LogP contribution < -0.4 is 22.1 Å². The summed E-state index contributed by atoms with van der Waals surface area (Å²) in [4.78, 5) is 22.9. The molecule has 2 amide bonds. The van der Waals surface area contributed by atoms with Gasteiger partial charge in [0, 0.05) is 25.9 Å². The first-order valence-electron chi connectivity index (χ1n) is 7.64. The molecule has 20 heavy (non-hydrogen) atoms. The number of carbonyl (C=O) groups excluding carboxylic acids is 2. The molecule has 0 aromatic rings. The van der Waals surface area contributed by atoms with Crippen molar-refractivity contribution < 1.29 is 9.59 Å². The van der Waals surface area contributed by atoms with Crippen LogP contribution in [-0.4, -0.2) is 38.0 Å². The summed E-state index contributed by atoms with van der Waals surface area (Å²) in [6.45, 7) is 2.71. The third-order valence-corrected chi connectivity index (χ3v) is 2.96. The number of hydrogen-bond donors (Lipinski definition) is 4. The summed E-state index contributed by atoms with van der Waals surface area (Å²) in [6.07, 6.45) is 6.19. The molecular weight excluding hydrogens is 256 g/mol. The van der Waals surface area contributed by atoms with Gasteiger partial charge in [-0.1, -0.05) is 0 Å². The lowest BCUT2D eigenvalue weighted by Gasteiger charge is -2.06. The van der Waals surface area contributed by atoms with Crippen LogP contribution in [0.25, 0.3) is 0 Å². The van der Waals surface area contributed by atoms with Gasteiger partial charge in [-0.3, -0.25) is 9.59 Å². The number of hydrogen-bond acceptors (Lipinski definition) is 4. The average Bonchev–Trinajstić information content (AvgIpc) is 2.44. The average molecular weight is 286 g/mol. The van der Waals surface area contributed by atoms with Crippen LogP contribution in [0.3, 0.4) is 0 Å². The van der Waals surface area contributed by atoms with Crippen molar-refractivity contribution in [3.63, 3.8) is 0 Å². The molecule has 0 spiro atoms. The number of carbonyl (C=O) groups is 2. The van der Waals surface area contributed by atoms with Crippen LogP contribution >= 0.6 is 0 Å². The summed E-state index contributed by atoms with van der Waals surface area (Å²) in [5.41, 5.74) is 10.7. The molecule has 0 aromatic carbocycles. The Kier molecular flexibility index (Phi) is 13.5. The molecule has 0 aliphatic rings. The van der Waals surface area contributed by atoms with E-state index in [1.54, 1.807) is 0 Å². The standard InChI is InChI=1S/C14H30N4O2/c15-9-3-5-11-17-13(19)7-1-2-8-14(20)18-12-6-4-10-16/h1-12,15-16H2,(H,17,19)(H,18,20). The molecule has 6 nitrogen and oxygen atoms in total. The Balaban J connectivity index is 3.32. The Labute approximate surface area is 122 Å². The van der Waals surface area contributed by atoms with E-state index >= 15 is 0 Å². The quantitative estimate of drug-likeness (QED) is 0.364. The molecule has 0 saturated heterocycles. The molecule has 0 heterocycles. The van der Waals surface area contributed by atoms with Crippen molar-refractivity contribution in [3.05, 3.63) is 0 Å². The van der Waals surface area contributed by atoms with Crippen molar-refractivity contribution in [2.24, 2.45) is 11.5 Å². The fourth-order valence-corrected chi connectivity index (χ4v) is 1.74. The van der Waals surface area contributed by atoms with Crippen molar-refractivity contribution >= 4 is 11.8 Å². The number of amides is 2. The molecule has 0 fully saturated rings. The smallest absolute Gasteiger partial charge is 0.219 e. The van der Waals surface area contributed by atoms with Gasteiger partial charge in [0.05, 0.1) is 0 Å². The first kappa shape index (κ1) is 18.9. The molecule has 0 atom stereocenters. The SMILES string of the molecule is NCCCCNC(=O)CCCCC(=O)NCCCCN. The van der Waals surface area contributed by atoms with E-state index in [0.717, 1.165) is 38.5 Å². The van der Waals surface area contributed by atoms with Crippen LogP contribution in [0.1, 0.15) is 51.4 Å².